The summed E-state index contributed by atoms with van der Waals surface area (Å²) < 4.78 is 23.9. The van der Waals surface area contributed by atoms with Crippen molar-refractivity contribution in [2.24, 2.45) is 0 Å². The first-order valence-electron chi connectivity index (χ1n) is 38.8. The van der Waals surface area contributed by atoms with Crippen LogP contribution in [0.4, 0.5) is 0 Å². The first-order valence-corrected chi connectivity index (χ1v) is 38.8. The van der Waals surface area contributed by atoms with Gasteiger partial charge in [0.1, 0.15) is 46.3 Å². The largest absolute Gasteiger partial charge is 0.361 e. The van der Waals surface area contributed by atoms with Crippen molar-refractivity contribution in [2.75, 3.05) is 0 Å². The first kappa shape index (κ1) is 71.1. The molecule has 11 aromatic heterocycles. The molecule has 4 fully saturated rings. The molecule has 0 aliphatic heterocycles. The summed E-state index contributed by atoms with van der Waals surface area (Å²) in [6.45, 7) is 24.5. The SMILES string of the molecule is C.Cc1cc(C)cc(-c2cc(-c3c(C)noc3C)cc3[nH]c(C4CC4)nc23)c1.Cc1cccc(-c2cc(-c3c(C)noc3C)cc3[nH]c(C4CC4)nc23)c1C.Cc1noc(C)c1-c1cc(-c2ccc3ccccn23)c2nc(C3CC3)[nH]c2c1.Cc1noc(C)c1-c1cc(-c2cccc3cccnc23)c2nc(C3CC3)[nH]c2c1. The van der Waals surface area contributed by atoms with Crippen molar-refractivity contribution < 1.29 is 18.1 Å². The molecule has 18 nitrogen and oxygen atoms in total. The molecule has 4 N–H and O–H groups in total. The Hall–Kier alpha value is -12.6. The number of aryl methyl sites for hydroxylation is 11. The number of pyridine rings is 2. The molecule has 0 saturated heterocycles. The molecule has 0 atom stereocenters. The fraction of sp³-hybridized carbons (Fsp3) is 0.266. The fourth-order valence-electron chi connectivity index (χ4n) is 16.5. The van der Waals surface area contributed by atoms with Gasteiger partial charge in [-0.25, -0.2) is 19.9 Å². The smallest absolute Gasteiger partial charge is 0.141 e. The lowest BCUT2D eigenvalue weighted by Gasteiger charge is -2.11. The topological polar surface area (TPSA) is 236 Å². The number of aromatic amines is 4. The normalized spacial score (nSPS) is 14.1. The zero-order chi connectivity index (χ0) is 75.8. The van der Waals surface area contributed by atoms with Crippen LogP contribution in [0.2, 0.25) is 0 Å². The highest BCUT2D eigenvalue weighted by molar-refractivity contribution is 6.05. The van der Waals surface area contributed by atoms with Gasteiger partial charge in [0.2, 0.25) is 0 Å². The molecule has 560 valence electrons. The molecule has 4 saturated carbocycles. The van der Waals surface area contributed by atoms with Crippen LogP contribution in [-0.2, 0) is 0 Å². The number of aromatic nitrogens is 14. The number of benzene rings is 7. The van der Waals surface area contributed by atoms with Crippen molar-refractivity contribution in [3.8, 4) is 89.1 Å². The fourth-order valence-corrected chi connectivity index (χ4v) is 16.5. The van der Waals surface area contributed by atoms with Crippen LogP contribution in [0.1, 0.15) is 174 Å². The van der Waals surface area contributed by atoms with E-state index in [1.165, 1.54) is 95.8 Å². The number of nitrogens with zero attached hydrogens (tertiary/aromatic N) is 10. The summed E-state index contributed by atoms with van der Waals surface area (Å²) in [6.07, 6.45) is 13.7. The maximum atomic E-state index is 5.44. The lowest BCUT2D eigenvalue weighted by Crippen LogP contribution is -1.91. The Balaban J connectivity index is 0.000000104. The molecular weight excluding hydrogens is 1390 g/mol. The van der Waals surface area contributed by atoms with Crippen LogP contribution in [0.3, 0.4) is 0 Å². The van der Waals surface area contributed by atoms with Crippen molar-refractivity contribution in [2.45, 2.75) is 166 Å². The highest BCUT2D eigenvalue weighted by atomic mass is 16.5. The zero-order valence-corrected chi connectivity index (χ0v) is 64.6. The quantitative estimate of drug-likeness (QED) is 0.0892. The Morgan fingerprint density at radius 1 is 0.339 bits per heavy atom. The van der Waals surface area contributed by atoms with E-state index in [1.54, 1.807) is 0 Å². The molecule has 4 aliphatic rings. The maximum Gasteiger partial charge on any atom is 0.141 e. The van der Waals surface area contributed by atoms with E-state index in [2.05, 4.69) is 223 Å². The van der Waals surface area contributed by atoms with Crippen LogP contribution in [0.25, 0.3) is 150 Å². The van der Waals surface area contributed by atoms with E-state index in [9.17, 15) is 0 Å². The second kappa shape index (κ2) is 28.1. The van der Waals surface area contributed by atoms with Gasteiger partial charge in [0.05, 0.1) is 78.1 Å². The summed E-state index contributed by atoms with van der Waals surface area (Å²) in [4.78, 5) is 39.0. The van der Waals surface area contributed by atoms with Gasteiger partial charge in [-0.05, 0) is 258 Å². The van der Waals surface area contributed by atoms with E-state index in [0.29, 0.717) is 23.7 Å². The Morgan fingerprint density at radius 2 is 0.732 bits per heavy atom. The minimum Gasteiger partial charge on any atom is -0.361 e. The summed E-state index contributed by atoms with van der Waals surface area (Å²) in [5, 5.41) is 17.7. The van der Waals surface area contributed by atoms with Crippen LogP contribution in [-0.4, -0.2) is 69.9 Å². The van der Waals surface area contributed by atoms with Gasteiger partial charge in [0, 0.05) is 97.0 Å². The minimum atomic E-state index is 0. The van der Waals surface area contributed by atoms with Gasteiger partial charge in [-0.15, -0.1) is 0 Å². The Morgan fingerprint density at radius 3 is 1.17 bits per heavy atom. The standard InChI is InChI=1S/C24H20N4O.C23H20N4O.2C23H23N3O.CH4/c1-13-21(14(2)29-28-13)17-11-19(18-7-3-5-15-6-4-10-25-22(15)18)23-20(12-17)26-24(27-23)16-8-9-16;1-13-21(14(2)28-26-13)16-11-18(20-9-8-17-5-3-4-10-27(17)20)22-19(12-16)24-23(25-22)15-6-7-15;1-12-7-13(2)9-17(8-12)19-10-18(21-14(3)26-27-15(21)4)11-20-22(19)25-23(24-20)16-5-6-16;1-12-6-5-7-18(13(12)2)19-10-17(21-14(3)26-27-15(21)4)11-20-22(19)25-23(24-20)16-8-9-16;/h3-7,10-12,16H,8-9H2,1-2H3,(H,26,27);3-5,8-12,15H,6-7H2,1-2H3,(H,24,25);7-11,16H,5-6H2,1-4H3,(H,24,25);5-7,10-11,16H,8-9H2,1-4H3,(H,24,25);1H4. The van der Waals surface area contributed by atoms with Crippen molar-refractivity contribution in [3.05, 3.63) is 249 Å². The third-order valence-electron chi connectivity index (χ3n) is 22.8. The molecule has 11 heterocycles. The Bertz CT molecular complexity index is 6590. The summed E-state index contributed by atoms with van der Waals surface area (Å²) in [5.74, 6) is 10.1. The number of rotatable bonds is 12. The van der Waals surface area contributed by atoms with E-state index in [1.807, 2.05) is 67.7 Å². The predicted octanol–water partition coefficient (Wildman–Crippen LogP) is 24.2. The first-order chi connectivity index (χ1) is 53.9. The van der Waals surface area contributed by atoms with Crippen molar-refractivity contribution in [1.29, 1.82) is 0 Å². The van der Waals surface area contributed by atoms with Crippen LogP contribution < -0.4 is 0 Å². The van der Waals surface area contributed by atoms with Gasteiger partial charge in [-0.3, -0.25) is 4.98 Å². The second-order valence-electron chi connectivity index (χ2n) is 31.3. The van der Waals surface area contributed by atoms with Crippen molar-refractivity contribution in [3.63, 3.8) is 0 Å². The predicted molar refractivity (Wildman–Crippen MR) is 446 cm³/mol. The lowest BCUT2D eigenvalue weighted by atomic mass is 9.93. The number of nitrogens with one attached hydrogen (secondary N) is 4. The van der Waals surface area contributed by atoms with Crippen LogP contribution in [0, 0.1) is 83.1 Å². The molecule has 0 unspecified atom stereocenters. The average Bonchev–Trinajstić information content (AvgIpc) is 1.58. The van der Waals surface area contributed by atoms with Gasteiger partial charge < -0.3 is 42.4 Å². The molecular formula is C94H90N14O4. The average molecular weight is 1480 g/mol. The van der Waals surface area contributed by atoms with Crippen molar-refractivity contribution >= 4 is 60.6 Å². The molecule has 0 bridgehead atoms. The molecule has 18 heteroatoms. The summed E-state index contributed by atoms with van der Waals surface area (Å²) in [5.41, 5.74) is 37.3. The van der Waals surface area contributed by atoms with Gasteiger partial charge in [0.15, 0.2) is 0 Å². The van der Waals surface area contributed by atoms with Gasteiger partial charge >= 0.3 is 0 Å². The molecule has 4 aliphatic carbocycles. The van der Waals surface area contributed by atoms with Crippen LogP contribution >= 0.6 is 0 Å². The number of H-pyrrole nitrogens is 4. The molecule has 0 spiro atoms. The lowest BCUT2D eigenvalue weighted by molar-refractivity contribution is 0.393. The minimum absolute atomic E-state index is 0. The second-order valence-corrected chi connectivity index (χ2v) is 31.3. The molecule has 0 amide bonds. The highest BCUT2D eigenvalue weighted by Gasteiger charge is 2.33. The van der Waals surface area contributed by atoms with Gasteiger partial charge in [0.25, 0.3) is 0 Å². The summed E-state index contributed by atoms with van der Waals surface area (Å²) >= 11 is 0. The molecule has 112 heavy (non-hydrogen) atoms. The van der Waals surface area contributed by atoms with E-state index < -0.39 is 0 Å². The van der Waals surface area contributed by atoms with Gasteiger partial charge in [-0.2, -0.15) is 0 Å². The summed E-state index contributed by atoms with van der Waals surface area (Å²) in [7, 11) is 0. The summed E-state index contributed by atoms with van der Waals surface area (Å²) in [6, 6.07) is 51.8. The number of hydrogen-bond acceptors (Lipinski definition) is 13. The van der Waals surface area contributed by atoms with E-state index in [0.717, 1.165) is 197 Å². The molecule has 7 aromatic carbocycles. The molecule has 18 aromatic rings. The number of para-hydroxylation sites is 1. The van der Waals surface area contributed by atoms with E-state index in [4.69, 9.17) is 38.0 Å². The third-order valence-corrected chi connectivity index (χ3v) is 22.8. The van der Waals surface area contributed by atoms with Crippen LogP contribution in [0.15, 0.2) is 176 Å². The Labute approximate surface area is 649 Å². The monoisotopic (exact) mass is 1480 g/mol. The number of imidazole rings is 4. The highest BCUT2D eigenvalue weighted by Crippen LogP contribution is 2.48. The number of hydrogen-bond donors (Lipinski definition) is 4. The maximum absolute atomic E-state index is 5.44. The Kier molecular flexibility index (Phi) is 17.8. The molecule has 0 radical (unpaired) electrons. The third kappa shape index (κ3) is 13.2. The van der Waals surface area contributed by atoms with E-state index >= 15 is 0 Å². The number of fused-ring (bicyclic) bond motifs is 6. The van der Waals surface area contributed by atoms with Gasteiger partial charge in [-0.1, -0.05) is 106 Å². The molecule has 22 rings (SSSR count). The van der Waals surface area contributed by atoms with E-state index in [-0.39, 0.29) is 7.43 Å². The zero-order valence-electron chi connectivity index (χ0n) is 64.6. The van der Waals surface area contributed by atoms with Crippen LogP contribution in [0.5, 0.6) is 0 Å². The van der Waals surface area contributed by atoms with Crippen molar-refractivity contribution in [1.82, 2.24) is 69.9 Å².